The van der Waals surface area contributed by atoms with Crippen LogP contribution >= 0.6 is 0 Å². The molecule has 10 saturated carbocycles. The van der Waals surface area contributed by atoms with Gasteiger partial charge in [-0.2, -0.15) is 30.0 Å². The van der Waals surface area contributed by atoms with Crippen LogP contribution in [0.2, 0.25) is 0 Å². The number of carbonyl (C=O) groups is 1. The molecule has 25 heteroatoms. The van der Waals surface area contributed by atoms with Crippen LogP contribution in [0, 0.1) is 71.0 Å². The van der Waals surface area contributed by atoms with Crippen LogP contribution < -0.4 is 0 Å². The van der Waals surface area contributed by atoms with Gasteiger partial charge in [-0.15, -0.1) is 0 Å². The average molecular weight is 1080 g/mol. The van der Waals surface area contributed by atoms with Gasteiger partial charge in [0.25, 0.3) is 0 Å². The summed E-state index contributed by atoms with van der Waals surface area (Å²) in [6.07, 6.45) is 5.28. The molecule has 1 aliphatic heterocycles. The molecule has 24 atom stereocenters. The molecule has 0 amide bonds. The zero-order chi connectivity index (χ0) is 54.3. The van der Waals surface area contributed by atoms with Gasteiger partial charge >= 0.3 is 26.0 Å². The molecule has 13 rings (SSSR count). The van der Waals surface area contributed by atoms with Crippen molar-refractivity contribution in [2.45, 2.75) is 189 Å². The lowest BCUT2D eigenvalue weighted by Gasteiger charge is -2.27. The Morgan fingerprint density at radius 1 is 0.722 bits per heavy atom. The maximum Gasteiger partial charge on any atom is 0.534 e. The Hall–Kier alpha value is -2.67. The third kappa shape index (κ3) is 8.62. The van der Waals surface area contributed by atoms with Crippen LogP contribution in [0.3, 0.4) is 0 Å². The van der Waals surface area contributed by atoms with E-state index in [0.29, 0.717) is 31.6 Å². The van der Waals surface area contributed by atoms with Crippen molar-refractivity contribution in [1.82, 2.24) is 0 Å². The SMILES string of the molecule is CC1(F)C2CC(O)C(C)(N=[N+]=[N-])C21.CC1(F)C2CC3OS(=O)(=O)OC3(C)C21.CC1(F)C2CC=C(OS(=O)(=O)C(F)(F)F)C21.CC1(F)C2CCC(=O)C21.CC1(O)C(O)CC2C1C2(C)F.CC1=CCC2C1C2(C)F. The minimum absolute atomic E-state index is 0.0880. The van der Waals surface area contributed by atoms with E-state index in [1.54, 1.807) is 27.7 Å². The summed E-state index contributed by atoms with van der Waals surface area (Å²) in [5.41, 5.74) is -6.35. The fraction of sp³-hybridized carbons (Fsp3) is 0.894. The molecule has 24 unspecified atom stereocenters. The Kier molecular flexibility index (Phi) is 12.7. The number of alkyl halides is 9. The molecule has 1 heterocycles. The first-order chi connectivity index (χ1) is 32.4. The van der Waals surface area contributed by atoms with Crippen LogP contribution in [0.25, 0.3) is 10.4 Å². The minimum Gasteiger partial charge on any atom is -0.392 e. The highest BCUT2D eigenvalue weighted by atomic mass is 32.3. The molecule has 11 fully saturated rings. The van der Waals surface area contributed by atoms with Gasteiger partial charge in [-0.25, -0.2) is 34.7 Å². The molecule has 0 aromatic heterocycles. The van der Waals surface area contributed by atoms with E-state index in [0.717, 1.165) is 12.8 Å². The minimum atomic E-state index is -5.67. The number of azide groups is 1. The van der Waals surface area contributed by atoms with Crippen molar-refractivity contribution in [3.63, 3.8) is 0 Å². The molecular formula is C47H64F9N3O11S2. The molecule has 12 aliphatic carbocycles. The largest absolute Gasteiger partial charge is 0.534 e. The number of allylic oxidation sites excluding steroid dienone is 4. The lowest BCUT2D eigenvalue weighted by molar-refractivity contribution is -0.120. The van der Waals surface area contributed by atoms with Crippen LogP contribution in [0.15, 0.2) is 28.6 Å². The fourth-order valence-electron chi connectivity index (χ4n) is 14.8. The predicted molar refractivity (Wildman–Crippen MR) is 238 cm³/mol. The third-order valence-corrected chi connectivity index (χ3v) is 21.4. The van der Waals surface area contributed by atoms with Gasteiger partial charge in [0.2, 0.25) is 0 Å². The molecule has 1 saturated heterocycles. The van der Waals surface area contributed by atoms with E-state index in [4.69, 9.17) is 13.9 Å². The molecule has 0 radical (unpaired) electrons. The van der Waals surface area contributed by atoms with Crippen LogP contribution in [-0.4, -0.2) is 113 Å². The smallest absolute Gasteiger partial charge is 0.392 e. The summed E-state index contributed by atoms with van der Waals surface area (Å²) in [7, 11) is -9.56. The van der Waals surface area contributed by atoms with Crippen molar-refractivity contribution in [2.75, 3.05) is 0 Å². The second kappa shape index (κ2) is 16.4. The first-order valence-electron chi connectivity index (χ1n) is 24.3. The van der Waals surface area contributed by atoms with E-state index in [9.17, 15) is 76.5 Å². The van der Waals surface area contributed by atoms with Crippen molar-refractivity contribution in [1.29, 1.82) is 0 Å². The third-order valence-electron chi connectivity index (χ3n) is 19.4. The number of rotatable bonds is 3. The van der Waals surface area contributed by atoms with Crippen LogP contribution in [0.4, 0.5) is 39.5 Å². The molecule has 0 spiro atoms. The van der Waals surface area contributed by atoms with Gasteiger partial charge in [0, 0.05) is 70.5 Å². The molecule has 0 aromatic carbocycles. The number of Topliss-reactive ketones (excluding diaryl/α,β-unsaturated/α-hetero) is 1. The van der Waals surface area contributed by atoms with Gasteiger partial charge in [0.05, 0.1) is 35.2 Å². The van der Waals surface area contributed by atoms with Gasteiger partial charge in [-0.1, -0.05) is 23.7 Å². The fourth-order valence-corrected chi connectivity index (χ4v) is 16.6. The van der Waals surface area contributed by atoms with Gasteiger partial charge in [-0.3, -0.25) is 4.79 Å². The van der Waals surface area contributed by atoms with Crippen molar-refractivity contribution >= 4 is 26.3 Å². The van der Waals surface area contributed by atoms with E-state index in [2.05, 4.69) is 20.3 Å². The topological polar surface area (TPSA) is 222 Å². The summed E-state index contributed by atoms with van der Waals surface area (Å²) in [5.74, 6) is -2.41. The quantitative estimate of drug-likeness (QED) is 0.0461. The summed E-state index contributed by atoms with van der Waals surface area (Å²) in [6, 6.07) is 0. The lowest BCUT2D eigenvalue weighted by atomic mass is 9.91. The molecule has 0 bridgehead atoms. The summed E-state index contributed by atoms with van der Waals surface area (Å²) < 4.78 is 173. The van der Waals surface area contributed by atoms with Crippen LogP contribution in [0.5, 0.6) is 0 Å². The number of nitrogens with zero attached hydrogens (tertiary/aromatic N) is 3. The second-order valence-electron chi connectivity index (χ2n) is 24.1. The number of ketones is 1. The normalized spacial score (nSPS) is 55.5. The first kappa shape index (κ1) is 55.6. The highest BCUT2D eigenvalue weighted by molar-refractivity contribution is 7.87. The molecule has 72 heavy (non-hydrogen) atoms. The molecule has 408 valence electrons. The predicted octanol–water partition coefficient (Wildman–Crippen LogP) is 8.80. The average Bonchev–Trinajstić information content (AvgIpc) is 4.05. The molecule has 14 nitrogen and oxygen atoms in total. The molecule has 3 N–H and O–H groups in total. The number of carbonyl (C=O) groups excluding carboxylic acids is 1. The first-order valence-corrected chi connectivity index (χ1v) is 27.0. The van der Waals surface area contributed by atoms with Gasteiger partial charge in [0.15, 0.2) is 0 Å². The van der Waals surface area contributed by atoms with Crippen molar-refractivity contribution in [2.24, 2.45) is 76.1 Å². The Balaban J connectivity index is 0.000000117. The Bertz CT molecular complexity index is 2600. The van der Waals surface area contributed by atoms with E-state index >= 15 is 0 Å². The van der Waals surface area contributed by atoms with Gasteiger partial charge in [-0.05, 0) is 112 Å². The zero-order valence-corrected chi connectivity index (χ0v) is 43.1. The summed E-state index contributed by atoms with van der Waals surface area (Å²) in [5, 5.41) is 32.0. The number of aliphatic hydroxyl groups excluding tert-OH is 2. The highest BCUT2D eigenvalue weighted by Crippen LogP contribution is 2.71. The second-order valence-corrected chi connectivity index (χ2v) is 26.8. The van der Waals surface area contributed by atoms with Crippen molar-refractivity contribution in [3.8, 4) is 0 Å². The van der Waals surface area contributed by atoms with E-state index in [1.165, 1.54) is 46.3 Å². The van der Waals surface area contributed by atoms with Gasteiger partial charge < -0.3 is 19.5 Å². The maximum absolute atomic E-state index is 13.7. The standard InChI is InChI=1S/C8H8F4O3S.C8H12FN3O.C8H11FO4S.C8H13FO2.C8H11F.C7H9FO/c1-7(9)4-2-3-5(6(4)7)15-16(13,14)8(10,11)12;1-7(9)4-3-5(13)8(2,6(4)7)11-12-10;1-7(9)4-3-5-8(2,6(4)7)13-14(10,11)12-5;1-7(9)4-3-5(10)8(2,11)6(4)7;1-5-3-4-6-7(5)8(6,2)9;1-7(8)4-2-3-5(9)6(4)7/h3-4,6H,2H2,1H3;4-6,13H,3H2,1-2H3;4-6H,3H2,1-2H3;4-6,10-11H,3H2,1-2H3;3,6-7H,4H2,1-2H3;4,6H,2-3H2,1H3. The van der Waals surface area contributed by atoms with E-state index in [1.807, 2.05) is 6.92 Å². The summed E-state index contributed by atoms with van der Waals surface area (Å²) in [6.45, 7) is 15.8. The van der Waals surface area contributed by atoms with Gasteiger partial charge in [0.1, 0.15) is 57.3 Å². The summed E-state index contributed by atoms with van der Waals surface area (Å²) >= 11 is 0. The number of hydrogen-bond acceptors (Lipinski definition) is 12. The molecular weight excluding hydrogens is 1020 g/mol. The monoisotopic (exact) mass is 1080 g/mol. The Labute approximate surface area is 412 Å². The highest BCUT2D eigenvalue weighted by Gasteiger charge is 2.81. The number of hydrogen-bond donors (Lipinski definition) is 3. The molecule has 13 aliphatic rings. The lowest BCUT2D eigenvalue weighted by Crippen LogP contribution is -2.41. The van der Waals surface area contributed by atoms with E-state index in [-0.39, 0.29) is 65.5 Å². The molecule has 0 aromatic rings. The van der Waals surface area contributed by atoms with Crippen molar-refractivity contribution < 1.29 is 89.0 Å². The van der Waals surface area contributed by atoms with E-state index < -0.39 is 113 Å². The Morgan fingerprint density at radius 3 is 1.60 bits per heavy atom. The maximum atomic E-state index is 13.7. The Morgan fingerprint density at radius 2 is 1.21 bits per heavy atom. The number of halogens is 9. The number of aliphatic hydroxyl groups is 3. The van der Waals surface area contributed by atoms with Crippen LogP contribution in [-0.2, 0) is 37.9 Å². The van der Waals surface area contributed by atoms with Crippen molar-refractivity contribution in [3.05, 3.63) is 33.9 Å². The summed E-state index contributed by atoms with van der Waals surface area (Å²) in [4.78, 5) is 13.5. The van der Waals surface area contributed by atoms with Crippen LogP contribution in [0.1, 0.15) is 114 Å². The zero-order valence-electron chi connectivity index (χ0n) is 41.4. The number of fused-ring (bicyclic) bond motifs is 8.